The minimum absolute atomic E-state index is 0. The van der Waals surface area contributed by atoms with Crippen LogP contribution in [0.5, 0.6) is 0 Å². The summed E-state index contributed by atoms with van der Waals surface area (Å²) in [5.74, 6) is 0. The monoisotopic (exact) mass is 265 g/mol. The first-order valence-electron chi connectivity index (χ1n) is 4.35. The number of hydrogen-bond donors (Lipinski definition) is 1. The fourth-order valence-corrected chi connectivity index (χ4v) is 1.72. The Morgan fingerprint density at radius 1 is 1.47 bits per heavy atom. The highest BCUT2D eigenvalue weighted by Crippen LogP contribution is 2.27. The number of nitrogens with two attached hydrogens (primary N) is 1. The zero-order chi connectivity index (χ0) is 10.7. The topological polar surface area (TPSA) is 26.0 Å². The average molecular weight is 267 g/mol. The van der Waals surface area contributed by atoms with E-state index in [1.165, 1.54) is 0 Å². The van der Waals surface area contributed by atoms with Crippen molar-refractivity contribution < 1.29 is 0 Å². The van der Waals surface area contributed by atoms with Crippen molar-refractivity contribution >= 4 is 35.6 Å². The third-order valence-corrected chi connectivity index (χ3v) is 2.51. The highest BCUT2D eigenvalue weighted by Gasteiger charge is 2.10. The molecule has 0 radical (unpaired) electrons. The van der Waals surface area contributed by atoms with E-state index in [1.807, 2.05) is 6.92 Å². The van der Waals surface area contributed by atoms with Crippen molar-refractivity contribution in [3.8, 4) is 0 Å². The highest BCUT2D eigenvalue weighted by molar-refractivity contribution is 6.33. The van der Waals surface area contributed by atoms with Crippen LogP contribution in [-0.2, 0) is 0 Å². The van der Waals surface area contributed by atoms with Crippen LogP contribution in [-0.4, -0.2) is 0 Å². The summed E-state index contributed by atoms with van der Waals surface area (Å²) in [5.41, 5.74) is 7.87. The molecule has 0 aromatic heterocycles. The van der Waals surface area contributed by atoms with Gasteiger partial charge in [0.05, 0.1) is 0 Å². The van der Waals surface area contributed by atoms with Crippen LogP contribution < -0.4 is 5.73 Å². The predicted molar refractivity (Wildman–Crippen MR) is 70.1 cm³/mol. The average Bonchev–Trinajstić information content (AvgIpc) is 2.08. The summed E-state index contributed by atoms with van der Waals surface area (Å²) in [6, 6.07) is 5.19. The lowest BCUT2D eigenvalue weighted by Crippen LogP contribution is -2.10. The lowest BCUT2D eigenvalue weighted by molar-refractivity contribution is 0.717. The SMILES string of the molecule is C=C(C)C[C@@H](N)c1cc(Cl)ccc1Cl.Cl. The van der Waals surface area contributed by atoms with E-state index in [9.17, 15) is 0 Å². The van der Waals surface area contributed by atoms with Gasteiger partial charge in [-0.2, -0.15) is 0 Å². The maximum Gasteiger partial charge on any atom is 0.0454 e. The Morgan fingerprint density at radius 3 is 2.60 bits per heavy atom. The van der Waals surface area contributed by atoms with Gasteiger partial charge in [-0.3, -0.25) is 0 Å². The van der Waals surface area contributed by atoms with Crippen molar-refractivity contribution in [2.45, 2.75) is 19.4 Å². The third-order valence-electron chi connectivity index (χ3n) is 1.93. The standard InChI is InChI=1S/C11H13Cl2N.ClH/c1-7(2)5-11(14)9-6-8(12)3-4-10(9)13;/h3-4,6,11H,1,5,14H2,2H3;1H/t11-;/m1./s1. The molecule has 0 fully saturated rings. The Bertz CT molecular complexity index is 350. The molecule has 0 saturated heterocycles. The van der Waals surface area contributed by atoms with E-state index >= 15 is 0 Å². The molecule has 84 valence electrons. The molecule has 0 aliphatic rings. The van der Waals surface area contributed by atoms with Crippen LogP contribution >= 0.6 is 35.6 Å². The first-order valence-corrected chi connectivity index (χ1v) is 5.11. The van der Waals surface area contributed by atoms with E-state index in [-0.39, 0.29) is 18.4 Å². The van der Waals surface area contributed by atoms with E-state index in [2.05, 4.69) is 6.58 Å². The minimum atomic E-state index is -0.126. The Morgan fingerprint density at radius 2 is 2.07 bits per heavy atom. The maximum atomic E-state index is 6.01. The summed E-state index contributed by atoms with van der Waals surface area (Å²) in [5, 5.41) is 1.31. The molecule has 1 aromatic carbocycles. The van der Waals surface area contributed by atoms with Crippen molar-refractivity contribution in [3.05, 3.63) is 46.0 Å². The molecule has 1 nitrogen and oxygen atoms in total. The molecule has 0 unspecified atom stereocenters. The Labute approximate surface area is 107 Å². The summed E-state index contributed by atoms with van der Waals surface area (Å²) in [6.45, 7) is 5.76. The van der Waals surface area contributed by atoms with Gasteiger partial charge >= 0.3 is 0 Å². The Balaban J connectivity index is 0.00000196. The smallest absolute Gasteiger partial charge is 0.0454 e. The second-order valence-corrected chi connectivity index (χ2v) is 4.28. The minimum Gasteiger partial charge on any atom is -0.324 e. The maximum absolute atomic E-state index is 6.01. The number of rotatable bonds is 3. The first-order chi connectivity index (χ1) is 6.50. The highest BCUT2D eigenvalue weighted by atomic mass is 35.5. The summed E-state index contributed by atoms with van der Waals surface area (Å²) in [6.07, 6.45) is 0.722. The summed E-state index contributed by atoms with van der Waals surface area (Å²) in [4.78, 5) is 0. The summed E-state index contributed by atoms with van der Waals surface area (Å²) in [7, 11) is 0. The van der Waals surface area contributed by atoms with E-state index in [1.54, 1.807) is 18.2 Å². The Kier molecular flexibility index (Phi) is 6.30. The molecule has 1 rings (SSSR count). The molecule has 15 heavy (non-hydrogen) atoms. The van der Waals surface area contributed by atoms with Crippen LogP contribution in [0.3, 0.4) is 0 Å². The number of hydrogen-bond acceptors (Lipinski definition) is 1. The van der Waals surface area contributed by atoms with Gasteiger partial charge < -0.3 is 5.73 Å². The quantitative estimate of drug-likeness (QED) is 0.807. The second kappa shape index (κ2) is 6.39. The summed E-state index contributed by atoms with van der Waals surface area (Å²) >= 11 is 11.9. The molecule has 0 heterocycles. The van der Waals surface area contributed by atoms with Gasteiger partial charge in [-0.25, -0.2) is 0 Å². The van der Waals surface area contributed by atoms with Crippen molar-refractivity contribution in [2.24, 2.45) is 5.73 Å². The van der Waals surface area contributed by atoms with Crippen LogP contribution in [0, 0.1) is 0 Å². The fraction of sp³-hybridized carbons (Fsp3) is 0.273. The van der Waals surface area contributed by atoms with Gasteiger partial charge in [0.25, 0.3) is 0 Å². The molecule has 4 heteroatoms. The molecule has 0 bridgehead atoms. The van der Waals surface area contributed by atoms with Gasteiger partial charge in [0, 0.05) is 16.1 Å². The van der Waals surface area contributed by atoms with Gasteiger partial charge in [0.1, 0.15) is 0 Å². The predicted octanol–water partition coefficient (Wildman–Crippen LogP) is 4.38. The molecule has 0 amide bonds. The molecule has 1 aromatic rings. The molecular weight excluding hydrogens is 252 g/mol. The van der Waals surface area contributed by atoms with Crippen molar-refractivity contribution in [1.29, 1.82) is 0 Å². The molecule has 0 saturated carbocycles. The van der Waals surface area contributed by atoms with E-state index in [0.717, 1.165) is 17.6 Å². The van der Waals surface area contributed by atoms with Gasteiger partial charge in [-0.05, 0) is 37.1 Å². The molecule has 0 aliphatic carbocycles. The van der Waals surface area contributed by atoms with Crippen LogP contribution in [0.4, 0.5) is 0 Å². The molecular formula is C11H14Cl3N. The third kappa shape index (κ3) is 4.43. The normalized spacial score (nSPS) is 11.7. The number of benzene rings is 1. The second-order valence-electron chi connectivity index (χ2n) is 3.43. The largest absolute Gasteiger partial charge is 0.324 e. The van der Waals surface area contributed by atoms with Crippen molar-refractivity contribution in [3.63, 3.8) is 0 Å². The molecule has 2 N–H and O–H groups in total. The lowest BCUT2D eigenvalue weighted by Gasteiger charge is -2.13. The van der Waals surface area contributed by atoms with Crippen LogP contribution in [0.25, 0.3) is 0 Å². The molecule has 0 spiro atoms. The molecule has 1 atom stereocenters. The van der Waals surface area contributed by atoms with Crippen LogP contribution in [0.1, 0.15) is 24.9 Å². The van der Waals surface area contributed by atoms with E-state index in [0.29, 0.717) is 10.0 Å². The zero-order valence-electron chi connectivity index (χ0n) is 8.47. The Hall–Kier alpha value is -0.210. The lowest BCUT2D eigenvalue weighted by atomic mass is 10.0. The van der Waals surface area contributed by atoms with Crippen LogP contribution in [0.15, 0.2) is 30.4 Å². The molecule has 0 aliphatic heterocycles. The van der Waals surface area contributed by atoms with Gasteiger partial charge in [-0.15, -0.1) is 19.0 Å². The van der Waals surface area contributed by atoms with Crippen LogP contribution in [0.2, 0.25) is 10.0 Å². The van der Waals surface area contributed by atoms with Gasteiger partial charge in [0.15, 0.2) is 0 Å². The van der Waals surface area contributed by atoms with Gasteiger partial charge in [-0.1, -0.05) is 28.8 Å². The van der Waals surface area contributed by atoms with E-state index < -0.39 is 0 Å². The van der Waals surface area contributed by atoms with Crippen molar-refractivity contribution in [2.75, 3.05) is 0 Å². The van der Waals surface area contributed by atoms with E-state index in [4.69, 9.17) is 28.9 Å². The number of halogens is 3. The first kappa shape index (κ1) is 14.8. The zero-order valence-corrected chi connectivity index (χ0v) is 10.8. The summed E-state index contributed by atoms with van der Waals surface area (Å²) < 4.78 is 0. The fourth-order valence-electron chi connectivity index (χ4n) is 1.28. The van der Waals surface area contributed by atoms with Gasteiger partial charge in [0.2, 0.25) is 0 Å². The van der Waals surface area contributed by atoms with Crippen molar-refractivity contribution in [1.82, 2.24) is 0 Å².